The fourth-order valence-electron chi connectivity index (χ4n) is 4.70. The summed E-state index contributed by atoms with van der Waals surface area (Å²) < 4.78 is 32.4. The molecule has 2 aromatic rings. The van der Waals surface area contributed by atoms with Crippen molar-refractivity contribution in [2.24, 2.45) is 9.98 Å². The highest BCUT2D eigenvalue weighted by atomic mass is 16.5. The Balaban J connectivity index is 1.33. The van der Waals surface area contributed by atoms with E-state index >= 15 is 0 Å². The van der Waals surface area contributed by atoms with E-state index in [4.69, 9.17) is 28.4 Å². The Morgan fingerprint density at radius 1 is 0.550 bits per heavy atom. The lowest BCUT2D eigenvalue weighted by molar-refractivity contribution is 0.131. The summed E-state index contributed by atoms with van der Waals surface area (Å²) in [5.74, 6) is 3.70. The highest BCUT2D eigenvalue weighted by Crippen LogP contribution is 2.38. The molecule has 0 atom stereocenters. The number of ether oxygens (including phenoxy) is 6. The average molecular weight is 557 g/mol. The number of hydrogen-bond donors (Lipinski definition) is 0. The number of rotatable bonds is 16. The second kappa shape index (κ2) is 16.6. The lowest BCUT2D eigenvalue weighted by atomic mass is 10.2. The molecular weight excluding hydrogens is 512 g/mol. The van der Waals surface area contributed by atoms with E-state index < -0.39 is 0 Å². The molecule has 0 spiro atoms. The Morgan fingerprint density at radius 2 is 0.875 bits per heavy atom. The third-order valence-electron chi connectivity index (χ3n) is 6.84. The highest BCUT2D eigenvalue weighted by molar-refractivity contribution is 5.83. The van der Waals surface area contributed by atoms with Crippen LogP contribution in [0.5, 0.6) is 34.5 Å². The maximum absolute atomic E-state index is 5.42. The topological polar surface area (TPSA) is 86.6 Å². The number of aliphatic imine (C=N–C) groups is 2. The predicted octanol–water partition coefficient (Wildman–Crippen LogP) is 3.67. The Labute approximate surface area is 238 Å². The molecule has 1 saturated heterocycles. The second-order valence-corrected chi connectivity index (χ2v) is 9.38. The smallest absolute Gasteiger partial charge is 0.203 e. The molecule has 1 aliphatic heterocycles. The van der Waals surface area contributed by atoms with Crippen molar-refractivity contribution in [1.82, 2.24) is 9.80 Å². The third kappa shape index (κ3) is 8.76. The largest absolute Gasteiger partial charge is 0.493 e. The van der Waals surface area contributed by atoms with E-state index in [0.29, 0.717) is 34.5 Å². The van der Waals surface area contributed by atoms with E-state index in [1.807, 2.05) is 36.7 Å². The summed E-state index contributed by atoms with van der Waals surface area (Å²) in [6.45, 7) is 8.02. The summed E-state index contributed by atoms with van der Waals surface area (Å²) in [7, 11) is 9.67. The van der Waals surface area contributed by atoms with Crippen LogP contribution in [0.2, 0.25) is 0 Å². The molecular formula is C30H44N4O6. The van der Waals surface area contributed by atoms with Gasteiger partial charge < -0.3 is 38.2 Å². The van der Waals surface area contributed by atoms with E-state index in [2.05, 4.69) is 19.8 Å². The fourth-order valence-corrected chi connectivity index (χ4v) is 4.70. The molecule has 10 heteroatoms. The zero-order valence-electron chi connectivity index (χ0n) is 24.8. The monoisotopic (exact) mass is 556 g/mol. The molecule has 40 heavy (non-hydrogen) atoms. The van der Waals surface area contributed by atoms with Gasteiger partial charge in [0.1, 0.15) is 0 Å². The van der Waals surface area contributed by atoms with Gasteiger partial charge in [-0.25, -0.2) is 0 Å². The normalized spacial score (nSPS) is 14.6. The number of nitrogens with zero attached hydrogens (tertiary/aromatic N) is 4. The minimum absolute atomic E-state index is 0.588. The van der Waals surface area contributed by atoms with Crippen LogP contribution in [0.3, 0.4) is 0 Å². The van der Waals surface area contributed by atoms with Crippen LogP contribution in [-0.2, 0) is 0 Å². The van der Waals surface area contributed by atoms with Crippen LogP contribution < -0.4 is 28.4 Å². The first kappa shape index (κ1) is 31.0. The summed E-state index contributed by atoms with van der Waals surface area (Å²) in [6.07, 6.45) is 5.78. The van der Waals surface area contributed by atoms with Crippen molar-refractivity contribution in [1.29, 1.82) is 0 Å². The Bertz CT molecular complexity index is 978. The minimum Gasteiger partial charge on any atom is -0.493 e. The van der Waals surface area contributed by atoms with Crippen molar-refractivity contribution in [3.05, 3.63) is 35.4 Å². The van der Waals surface area contributed by atoms with E-state index in [-0.39, 0.29) is 0 Å². The van der Waals surface area contributed by atoms with Crippen molar-refractivity contribution in [2.75, 3.05) is 95.0 Å². The number of hydrogen-bond acceptors (Lipinski definition) is 10. The van der Waals surface area contributed by atoms with Gasteiger partial charge in [-0.3, -0.25) is 9.98 Å². The van der Waals surface area contributed by atoms with Gasteiger partial charge in [0.15, 0.2) is 23.0 Å². The van der Waals surface area contributed by atoms with Crippen LogP contribution in [0, 0.1) is 0 Å². The van der Waals surface area contributed by atoms with Gasteiger partial charge in [-0.1, -0.05) is 0 Å². The lowest BCUT2D eigenvalue weighted by Gasteiger charge is -2.34. The first-order chi connectivity index (χ1) is 19.6. The van der Waals surface area contributed by atoms with Crippen LogP contribution in [-0.4, -0.2) is 117 Å². The van der Waals surface area contributed by atoms with Crippen molar-refractivity contribution in [2.45, 2.75) is 12.8 Å². The average Bonchev–Trinajstić information content (AvgIpc) is 3.00. The van der Waals surface area contributed by atoms with Gasteiger partial charge in [-0.2, -0.15) is 0 Å². The Kier molecular flexibility index (Phi) is 12.9. The first-order valence-corrected chi connectivity index (χ1v) is 13.6. The van der Waals surface area contributed by atoms with Crippen molar-refractivity contribution in [3.8, 4) is 34.5 Å². The Hall–Kier alpha value is -3.50. The third-order valence-corrected chi connectivity index (χ3v) is 6.84. The molecule has 220 valence electrons. The Morgan fingerprint density at radius 3 is 1.15 bits per heavy atom. The SMILES string of the molecule is COc1cc(C=NCCCN2CCN(CCCN=Cc3cc(OC)c(OC)c(OC)c3)CC2)cc(OC)c1OC. The number of piperazine rings is 1. The summed E-state index contributed by atoms with van der Waals surface area (Å²) in [4.78, 5) is 14.3. The number of benzene rings is 2. The summed E-state index contributed by atoms with van der Waals surface area (Å²) in [5.41, 5.74) is 1.85. The molecule has 0 N–H and O–H groups in total. The standard InChI is InChI=1S/C30H44N4O6/c1-35-25-17-23(18-26(36-2)29(25)39-5)21-31-9-7-11-33-13-15-34(16-14-33)12-8-10-32-22-24-19-27(37-3)30(40-6)28(20-24)38-4/h17-22H,7-16H2,1-6H3. The molecule has 0 saturated carbocycles. The van der Waals surface area contributed by atoms with Crippen LogP contribution in [0.15, 0.2) is 34.3 Å². The molecule has 3 rings (SSSR count). The first-order valence-electron chi connectivity index (χ1n) is 13.6. The molecule has 0 bridgehead atoms. The summed E-state index contributed by atoms with van der Waals surface area (Å²) in [5, 5.41) is 0. The molecule has 0 aliphatic carbocycles. The van der Waals surface area contributed by atoms with Gasteiger partial charge in [0.05, 0.1) is 42.7 Å². The molecule has 1 aliphatic rings. The highest BCUT2D eigenvalue weighted by Gasteiger charge is 2.16. The fraction of sp³-hybridized carbons (Fsp3) is 0.533. The summed E-state index contributed by atoms with van der Waals surface area (Å²) >= 11 is 0. The van der Waals surface area contributed by atoms with E-state index in [9.17, 15) is 0 Å². The van der Waals surface area contributed by atoms with E-state index in [0.717, 1.165) is 76.3 Å². The van der Waals surface area contributed by atoms with Crippen molar-refractivity contribution >= 4 is 12.4 Å². The predicted molar refractivity (Wildman–Crippen MR) is 159 cm³/mol. The lowest BCUT2D eigenvalue weighted by Crippen LogP contribution is -2.46. The van der Waals surface area contributed by atoms with Gasteiger partial charge in [0.2, 0.25) is 11.5 Å². The maximum atomic E-state index is 5.42. The van der Waals surface area contributed by atoms with E-state index in [1.165, 1.54) is 0 Å². The van der Waals surface area contributed by atoms with Gasteiger partial charge >= 0.3 is 0 Å². The zero-order chi connectivity index (χ0) is 28.7. The van der Waals surface area contributed by atoms with E-state index in [1.54, 1.807) is 42.7 Å². The molecule has 10 nitrogen and oxygen atoms in total. The minimum atomic E-state index is 0.588. The molecule has 1 heterocycles. The maximum Gasteiger partial charge on any atom is 0.203 e. The van der Waals surface area contributed by atoms with Crippen LogP contribution >= 0.6 is 0 Å². The molecule has 0 aromatic heterocycles. The molecule has 0 amide bonds. The summed E-state index contributed by atoms with van der Waals surface area (Å²) in [6, 6.07) is 7.62. The molecule has 0 radical (unpaired) electrons. The van der Waals surface area contributed by atoms with Gasteiger partial charge in [0, 0.05) is 51.7 Å². The van der Waals surface area contributed by atoms with Gasteiger partial charge in [-0.05, 0) is 61.3 Å². The van der Waals surface area contributed by atoms with Crippen LogP contribution in [0.4, 0.5) is 0 Å². The quantitative estimate of drug-likeness (QED) is 0.229. The molecule has 2 aromatic carbocycles. The molecule has 1 fully saturated rings. The van der Waals surface area contributed by atoms with Crippen molar-refractivity contribution in [3.63, 3.8) is 0 Å². The van der Waals surface area contributed by atoms with Crippen molar-refractivity contribution < 1.29 is 28.4 Å². The van der Waals surface area contributed by atoms with Crippen LogP contribution in [0.1, 0.15) is 24.0 Å². The zero-order valence-corrected chi connectivity index (χ0v) is 24.8. The number of methoxy groups -OCH3 is 6. The van der Waals surface area contributed by atoms with Gasteiger partial charge in [-0.15, -0.1) is 0 Å². The second-order valence-electron chi connectivity index (χ2n) is 9.38. The van der Waals surface area contributed by atoms with Crippen LogP contribution in [0.25, 0.3) is 0 Å². The van der Waals surface area contributed by atoms with Gasteiger partial charge in [0.25, 0.3) is 0 Å². The molecule has 0 unspecified atom stereocenters.